The summed E-state index contributed by atoms with van der Waals surface area (Å²) in [7, 11) is 4.93. The number of carbonyl (C=O) groups excluding carboxylic acids is 1. The zero-order valence-corrected chi connectivity index (χ0v) is 16.1. The Balaban J connectivity index is 1.81. The lowest BCUT2D eigenvalue weighted by atomic mass is 10.2. The van der Waals surface area contributed by atoms with E-state index in [2.05, 4.69) is 10.1 Å². The summed E-state index contributed by atoms with van der Waals surface area (Å²) in [4.78, 5) is 14.0. The van der Waals surface area contributed by atoms with Crippen LogP contribution in [0.4, 0.5) is 8.78 Å². The van der Waals surface area contributed by atoms with Gasteiger partial charge in [0.25, 0.3) is 0 Å². The lowest BCUT2D eigenvalue weighted by molar-refractivity contribution is -0.122. The second kappa shape index (κ2) is 10.5. The van der Waals surface area contributed by atoms with Crippen LogP contribution in [0.25, 0.3) is 0 Å². The van der Waals surface area contributed by atoms with Gasteiger partial charge in [-0.15, -0.1) is 0 Å². The first-order valence-corrected chi connectivity index (χ1v) is 8.61. The molecule has 28 heavy (non-hydrogen) atoms. The van der Waals surface area contributed by atoms with Crippen LogP contribution < -0.4 is 19.5 Å². The number of hydrogen-bond acceptors (Lipinski definition) is 5. The first-order chi connectivity index (χ1) is 13.4. The largest absolute Gasteiger partial charge is 0.493 e. The predicted octanol–water partition coefficient (Wildman–Crippen LogP) is 3.05. The van der Waals surface area contributed by atoms with Crippen LogP contribution in [0.2, 0.25) is 0 Å². The van der Waals surface area contributed by atoms with E-state index < -0.39 is 6.61 Å². The molecule has 1 amide bonds. The van der Waals surface area contributed by atoms with Crippen LogP contribution in [0.5, 0.6) is 17.2 Å². The maximum absolute atomic E-state index is 12.2. The average molecular weight is 394 g/mol. The summed E-state index contributed by atoms with van der Waals surface area (Å²) < 4.78 is 39.1. The summed E-state index contributed by atoms with van der Waals surface area (Å²) in [6, 6.07) is 11.8. The molecule has 0 bridgehead atoms. The van der Waals surface area contributed by atoms with Crippen molar-refractivity contribution in [2.45, 2.75) is 19.7 Å². The number of hydrogen-bond donors (Lipinski definition) is 1. The highest BCUT2D eigenvalue weighted by Crippen LogP contribution is 2.27. The third-order valence-corrected chi connectivity index (χ3v) is 3.95. The topological polar surface area (TPSA) is 60.0 Å². The van der Waals surface area contributed by atoms with Crippen LogP contribution in [-0.4, -0.2) is 45.2 Å². The fraction of sp³-hybridized carbons (Fsp3) is 0.350. The van der Waals surface area contributed by atoms with E-state index in [1.807, 2.05) is 17.0 Å². The molecule has 6 nitrogen and oxygen atoms in total. The van der Waals surface area contributed by atoms with Crippen LogP contribution in [0.15, 0.2) is 42.5 Å². The molecule has 0 aliphatic rings. The molecule has 0 heterocycles. The first-order valence-electron chi connectivity index (χ1n) is 8.61. The van der Waals surface area contributed by atoms with Crippen molar-refractivity contribution in [1.29, 1.82) is 0 Å². The summed E-state index contributed by atoms with van der Waals surface area (Å²) in [5, 5.41) is 2.85. The lowest BCUT2D eigenvalue weighted by Crippen LogP contribution is -2.34. The summed E-state index contributed by atoms with van der Waals surface area (Å²) in [5.74, 6) is 1.21. The standard InChI is InChI=1S/C20H24F2N2O4/c1-24(12-14-4-7-16(8-5-14)28-20(21)22)13-19(25)23-11-15-6-9-17(26-2)18(10-15)27-3/h4-10,20H,11-13H2,1-3H3,(H,23,25). The molecule has 2 rings (SSSR count). The summed E-state index contributed by atoms with van der Waals surface area (Å²) >= 11 is 0. The normalized spacial score (nSPS) is 10.8. The van der Waals surface area contributed by atoms with Crippen LogP contribution in [-0.2, 0) is 17.9 Å². The van der Waals surface area contributed by atoms with Crippen LogP contribution >= 0.6 is 0 Å². The molecular formula is C20H24F2N2O4. The minimum Gasteiger partial charge on any atom is -0.493 e. The molecule has 2 aromatic rings. The van der Waals surface area contributed by atoms with Crippen molar-refractivity contribution in [2.75, 3.05) is 27.8 Å². The monoisotopic (exact) mass is 394 g/mol. The van der Waals surface area contributed by atoms with Crippen LogP contribution in [0.3, 0.4) is 0 Å². The third-order valence-electron chi connectivity index (χ3n) is 3.95. The van der Waals surface area contributed by atoms with Gasteiger partial charge in [0.1, 0.15) is 5.75 Å². The minimum absolute atomic E-state index is 0.106. The van der Waals surface area contributed by atoms with E-state index in [0.717, 1.165) is 11.1 Å². The smallest absolute Gasteiger partial charge is 0.387 e. The Bertz CT molecular complexity index is 769. The highest BCUT2D eigenvalue weighted by molar-refractivity contribution is 5.78. The number of nitrogens with one attached hydrogen (secondary N) is 1. The third kappa shape index (κ3) is 6.70. The molecule has 0 aromatic heterocycles. The number of methoxy groups -OCH3 is 2. The SMILES string of the molecule is COc1ccc(CNC(=O)CN(C)Cc2ccc(OC(F)F)cc2)cc1OC. The van der Waals surface area contributed by atoms with Crippen molar-refractivity contribution in [3.8, 4) is 17.2 Å². The summed E-state index contributed by atoms with van der Waals surface area (Å²) in [5.41, 5.74) is 1.78. The predicted molar refractivity (Wildman–Crippen MR) is 101 cm³/mol. The Morgan fingerprint density at radius 1 is 1.04 bits per heavy atom. The second-order valence-electron chi connectivity index (χ2n) is 6.16. The van der Waals surface area contributed by atoms with E-state index in [4.69, 9.17) is 9.47 Å². The molecule has 8 heteroatoms. The molecule has 2 aromatic carbocycles. The first kappa shape index (κ1) is 21.4. The molecule has 0 spiro atoms. The molecule has 0 unspecified atom stereocenters. The molecule has 0 fully saturated rings. The van der Waals surface area contributed by atoms with E-state index in [0.29, 0.717) is 24.6 Å². The number of carbonyl (C=O) groups is 1. The van der Waals surface area contributed by atoms with E-state index in [1.54, 1.807) is 39.5 Å². The Morgan fingerprint density at radius 3 is 2.29 bits per heavy atom. The maximum atomic E-state index is 12.2. The highest BCUT2D eigenvalue weighted by atomic mass is 19.3. The van der Waals surface area contributed by atoms with Gasteiger partial charge in [-0.25, -0.2) is 0 Å². The van der Waals surface area contributed by atoms with Gasteiger partial charge in [-0.2, -0.15) is 8.78 Å². The van der Waals surface area contributed by atoms with E-state index in [1.165, 1.54) is 12.1 Å². The fourth-order valence-corrected chi connectivity index (χ4v) is 2.64. The number of nitrogens with zero attached hydrogens (tertiary/aromatic N) is 1. The zero-order chi connectivity index (χ0) is 20.5. The average Bonchev–Trinajstić information content (AvgIpc) is 2.67. The summed E-state index contributed by atoms with van der Waals surface area (Å²) in [6.07, 6.45) is 0. The zero-order valence-electron chi connectivity index (χ0n) is 16.1. The number of rotatable bonds is 10. The Hall–Kier alpha value is -2.87. The van der Waals surface area contributed by atoms with Crippen molar-refractivity contribution >= 4 is 5.91 Å². The van der Waals surface area contributed by atoms with Gasteiger partial charge in [-0.05, 0) is 42.4 Å². The lowest BCUT2D eigenvalue weighted by Gasteiger charge is -2.17. The van der Waals surface area contributed by atoms with Crippen molar-refractivity contribution in [1.82, 2.24) is 10.2 Å². The molecule has 0 aliphatic carbocycles. The summed E-state index contributed by atoms with van der Waals surface area (Å²) in [6.45, 7) is -1.78. The number of likely N-dealkylation sites (N-methyl/N-ethyl adjacent to an activating group) is 1. The van der Waals surface area contributed by atoms with Crippen molar-refractivity contribution in [3.05, 3.63) is 53.6 Å². The maximum Gasteiger partial charge on any atom is 0.387 e. The van der Waals surface area contributed by atoms with Crippen LogP contribution in [0.1, 0.15) is 11.1 Å². The van der Waals surface area contributed by atoms with Gasteiger partial charge in [0.2, 0.25) is 5.91 Å². The molecule has 1 N–H and O–H groups in total. The number of amides is 1. The fourth-order valence-electron chi connectivity index (χ4n) is 2.64. The molecule has 0 saturated heterocycles. The molecule has 0 saturated carbocycles. The van der Waals surface area contributed by atoms with Gasteiger partial charge in [-0.1, -0.05) is 18.2 Å². The van der Waals surface area contributed by atoms with Gasteiger partial charge >= 0.3 is 6.61 Å². The van der Waals surface area contributed by atoms with Crippen molar-refractivity contribution in [2.24, 2.45) is 0 Å². The van der Waals surface area contributed by atoms with E-state index >= 15 is 0 Å². The van der Waals surface area contributed by atoms with Crippen molar-refractivity contribution < 1.29 is 27.8 Å². The van der Waals surface area contributed by atoms with Gasteiger partial charge in [0.15, 0.2) is 11.5 Å². The van der Waals surface area contributed by atoms with Gasteiger partial charge < -0.3 is 19.5 Å². The number of ether oxygens (including phenoxy) is 3. The molecular weight excluding hydrogens is 370 g/mol. The molecule has 0 atom stereocenters. The Labute approximate surface area is 163 Å². The molecule has 152 valence electrons. The second-order valence-corrected chi connectivity index (χ2v) is 6.16. The number of halogens is 2. The Morgan fingerprint density at radius 2 is 1.68 bits per heavy atom. The quantitative estimate of drug-likeness (QED) is 0.671. The minimum atomic E-state index is -2.84. The van der Waals surface area contributed by atoms with Gasteiger partial charge in [0.05, 0.1) is 20.8 Å². The highest BCUT2D eigenvalue weighted by Gasteiger charge is 2.10. The van der Waals surface area contributed by atoms with E-state index in [9.17, 15) is 13.6 Å². The van der Waals surface area contributed by atoms with E-state index in [-0.39, 0.29) is 18.2 Å². The van der Waals surface area contributed by atoms with Crippen molar-refractivity contribution in [3.63, 3.8) is 0 Å². The Kier molecular flexibility index (Phi) is 8.01. The van der Waals surface area contributed by atoms with Gasteiger partial charge in [-0.3, -0.25) is 9.69 Å². The van der Waals surface area contributed by atoms with Crippen LogP contribution in [0, 0.1) is 0 Å². The van der Waals surface area contributed by atoms with Gasteiger partial charge in [0, 0.05) is 13.1 Å². The molecule has 0 radical (unpaired) electrons. The number of alkyl halides is 2. The molecule has 0 aliphatic heterocycles. The number of benzene rings is 2.